The number of nitrogens with zero attached hydrogens (tertiary/aromatic N) is 1. The molecule has 0 radical (unpaired) electrons. The summed E-state index contributed by atoms with van der Waals surface area (Å²) in [5.41, 5.74) is 0.616. The van der Waals surface area contributed by atoms with E-state index in [1.807, 2.05) is 48.5 Å². The second-order valence-corrected chi connectivity index (χ2v) is 6.86. The first-order chi connectivity index (χ1) is 12.1. The minimum atomic E-state index is -0.519. The van der Waals surface area contributed by atoms with Gasteiger partial charge >= 0.3 is 0 Å². The highest BCUT2D eigenvalue weighted by Gasteiger charge is 2.50. The molecule has 2 aliphatic rings. The fourth-order valence-corrected chi connectivity index (χ4v) is 3.70. The Bertz CT molecular complexity index is 806. The zero-order valence-electron chi connectivity index (χ0n) is 13.9. The van der Waals surface area contributed by atoms with Crippen LogP contribution in [0.4, 0.5) is 0 Å². The van der Waals surface area contributed by atoms with E-state index < -0.39 is 5.41 Å². The van der Waals surface area contributed by atoms with Crippen LogP contribution in [0.2, 0.25) is 0 Å². The van der Waals surface area contributed by atoms with E-state index in [4.69, 9.17) is 4.74 Å². The lowest BCUT2D eigenvalue weighted by Crippen LogP contribution is -2.34. The van der Waals surface area contributed by atoms with E-state index in [1.54, 1.807) is 0 Å². The maximum atomic E-state index is 12.1. The molecule has 4 rings (SSSR count). The summed E-state index contributed by atoms with van der Waals surface area (Å²) in [6, 6.07) is 17.7. The van der Waals surface area contributed by atoms with Crippen LogP contribution >= 0.6 is 0 Å². The second-order valence-electron chi connectivity index (χ2n) is 6.86. The Kier molecular flexibility index (Phi) is 4.01. The number of benzene rings is 2. The largest absolute Gasteiger partial charge is 0.457 e. The van der Waals surface area contributed by atoms with Crippen LogP contribution in [0, 0.1) is 5.41 Å². The van der Waals surface area contributed by atoms with Crippen molar-refractivity contribution in [3.05, 3.63) is 60.2 Å². The molecule has 5 nitrogen and oxygen atoms in total. The zero-order chi connectivity index (χ0) is 17.3. The first-order valence-electron chi connectivity index (χ1n) is 8.51. The fraction of sp³-hybridized carbons (Fsp3) is 0.300. The molecule has 25 heavy (non-hydrogen) atoms. The number of ether oxygens (including phenoxy) is 1. The third kappa shape index (κ3) is 3.28. The minimum absolute atomic E-state index is 0.110. The lowest BCUT2D eigenvalue weighted by molar-refractivity contribution is -0.128. The average molecular weight is 336 g/mol. The van der Waals surface area contributed by atoms with Crippen LogP contribution < -0.4 is 10.1 Å². The molecule has 2 aromatic rings. The molecule has 5 heteroatoms. The third-order valence-corrected chi connectivity index (χ3v) is 4.95. The van der Waals surface area contributed by atoms with Gasteiger partial charge in [-0.3, -0.25) is 19.8 Å². The number of rotatable bonds is 4. The Hall–Kier alpha value is -2.66. The van der Waals surface area contributed by atoms with Gasteiger partial charge in [0, 0.05) is 19.5 Å². The van der Waals surface area contributed by atoms with Gasteiger partial charge in [0.05, 0.1) is 5.41 Å². The number of hydrogen-bond donors (Lipinski definition) is 1. The topological polar surface area (TPSA) is 58.6 Å². The first kappa shape index (κ1) is 15.8. The van der Waals surface area contributed by atoms with Gasteiger partial charge in [0.15, 0.2) is 0 Å². The van der Waals surface area contributed by atoms with Crippen LogP contribution in [0.1, 0.15) is 18.4 Å². The zero-order valence-corrected chi connectivity index (χ0v) is 13.9. The summed E-state index contributed by atoms with van der Waals surface area (Å²) < 4.78 is 5.88. The fourth-order valence-electron chi connectivity index (χ4n) is 3.70. The van der Waals surface area contributed by atoms with Crippen molar-refractivity contribution in [3.8, 4) is 11.5 Å². The van der Waals surface area contributed by atoms with Gasteiger partial charge in [0.1, 0.15) is 11.5 Å². The van der Waals surface area contributed by atoms with Crippen molar-refractivity contribution < 1.29 is 14.3 Å². The van der Waals surface area contributed by atoms with Crippen LogP contribution in [-0.2, 0) is 16.1 Å². The van der Waals surface area contributed by atoms with Gasteiger partial charge in [-0.15, -0.1) is 0 Å². The smallest absolute Gasteiger partial charge is 0.234 e. The van der Waals surface area contributed by atoms with Crippen LogP contribution in [0.3, 0.4) is 0 Å². The molecule has 0 aliphatic carbocycles. The lowest BCUT2D eigenvalue weighted by Gasteiger charge is -2.20. The molecule has 2 aliphatic heterocycles. The maximum Gasteiger partial charge on any atom is 0.234 e. The van der Waals surface area contributed by atoms with Gasteiger partial charge in [-0.2, -0.15) is 0 Å². The SMILES string of the molecule is O=C1C[C@]2(CCN(Cc3cccc(Oc4ccccc4)c3)C2)C(=O)N1. The van der Waals surface area contributed by atoms with Crippen LogP contribution in [0.15, 0.2) is 54.6 Å². The van der Waals surface area contributed by atoms with Gasteiger partial charge in [-0.25, -0.2) is 0 Å². The predicted octanol–water partition coefficient (Wildman–Crippen LogP) is 2.72. The van der Waals surface area contributed by atoms with Crippen LogP contribution in [0.25, 0.3) is 0 Å². The van der Waals surface area contributed by atoms with Gasteiger partial charge in [-0.05, 0) is 42.8 Å². The van der Waals surface area contributed by atoms with Crippen molar-refractivity contribution in [1.82, 2.24) is 10.2 Å². The van der Waals surface area contributed by atoms with Crippen molar-refractivity contribution >= 4 is 11.8 Å². The molecule has 0 aromatic heterocycles. The van der Waals surface area contributed by atoms with Crippen molar-refractivity contribution in [2.24, 2.45) is 5.41 Å². The number of likely N-dealkylation sites (tertiary alicyclic amines) is 1. The Morgan fingerprint density at radius 3 is 2.60 bits per heavy atom. The Morgan fingerprint density at radius 2 is 1.84 bits per heavy atom. The van der Waals surface area contributed by atoms with Gasteiger partial charge in [0.2, 0.25) is 11.8 Å². The van der Waals surface area contributed by atoms with E-state index in [-0.39, 0.29) is 11.8 Å². The van der Waals surface area contributed by atoms with Crippen molar-refractivity contribution in [2.75, 3.05) is 13.1 Å². The molecular weight excluding hydrogens is 316 g/mol. The van der Waals surface area contributed by atoms with Gasteiger partial charge in [-0.1, -0.05) is 30.3 Å². The summed E-state index contributed by atoms with van der Waals surface area (Å²) in [6.45, 7) is 2.20. The molecule has 0 saturated carbocycles. The van der Waals surface area contributed by atoms with Crippen molar-refractivity contribution in [3.63, 3.8) is 0 Å². The van der Waals surface area contributed by atoms with Crippen molar-refractivity contribution in [2.45, 2.75) is 19.4 Å². The molecule has 2 heterocycles. The lowest BCUT2D eigenvalue weighted by atomic mass is 9.85. The number of carbonyl (C=O) groups excluding carboxylic acids is 2. The Morgan fingerprint density at radius 1 is 1.04 bits per heavy atom. The summed E-state index contributed by atoms with van der Waals surface area (Å²) in [7, 11) is 0. The second kappa shape index (κ2) is 6.33. The summed E-state index contributed by atoms with van der Waals surface area (Å²) in [4.78, 5) is 25.9. The Balaban J connectivity index is 1.43. The van der Waals surface area contributed by atoms with Gasteiger partial charge in [0.25, 0.3) is 0 Å². The van der Waals surface area contributed by atoms with E-state index in [0.717, 1.165) is 36.6 Å². The summed E-state index contributed by atoms with van der Waals surface area (Å²) in [5, 5.41) is 2.45. The molecule has 0 unspecified atom stereocenters. The molecule has 1 atom stereocenters. The number of para-hydroxylation sites is 1. The van der Waals surface area contributed by atoms with Gasteiger partial charge < -0.3 is 4.74 Å². The number of amides is 2. The predicted molar refractivity (Wildman–Crippen MR) is 93.1 cm³/mol. The molecule has 2 aromatic carbocycles. The Labute approximate surface area is 146 Å². The van der Waals surface area contributed by atoms with E-state index in [0.29, 0.717) is 13.0 Å². The highest BCUT2D eigenvalue weighted by molar-refractivity contribution is 6.06. The third-order valence-electron chi connectivity index (χ3n) is 4.95. The van der Waals surface area contributed by atoms with E-state index in [1.165, 1.54) is 0 Å². The summed E-state index contributed by atoms with van der Waals surface area (Å²) >= 11 is 0. The molecule has 1 spiro atoms. The van der Waals surface area contributed by atoms with E-state index >= 15 is 0 Å². The van der Waals surface area contributed by atoms with E-state index in [9.17, 15) is 9.59 Å². The first-order valence-corrected chi connectivity index (χ1v) is 8.51. The normalized spacial score (nSPS) is 23.2. The number of hydrogen-bond acceptors (Lipinski definition) is 4. The number of carbonyl (C=O) groups is 2. The quantitative estimate of drug-likeness (QED) is 0.872. The molecule has 0 bridgehead atoms. The van der Waals surface area contributed by atoms with Crippen LogP contribution in [-0.4, -0.2) is 29.8 Å². The monoisotopic (exact) mass is 336 g/mol. The van der Waals surface area contributed by atoms with Crippen LogP contribution in [0.5, 0.6) is 11.5 Å². The molecule has 2 amide bonds. The average Bonchev–Trinajstić information content (AvgIpc) is 3.12. The highest BCUT2D eigenvalue weighted by atomic mass is 16.5. The minimum Gasteiger partial charge on any atom is -0.457 e. The van der Waals surface area contributed by atoms with Crippen molar-refractivity contribution in [1.29, 1.82) is 0 Å². The molecule has 128 valence electrons. The highest BCUT2D eigenvalue weighted by Crippen LogP contribution is 2.38. The molecule has 1 N–H and O–H groups in total. The van der Waals surface area contributed by atoms with E-state index in [2.05, 4.69) is 16.3 Å². The molecule has 2 fully saturated rings. The summed E-state index contributed by atoms with van der Waals surface area (Å²) in [5.74, 6) is 1.35. The molecule has 2 saturated heterocycles. The number of imide groups is 1. The maximum absolute atomic E-state index is 12.1. The number of nitrogens with one attached hydrogen (secondary N) is 1. The molecular formula is C20H20N2O3. The summed E-state index contributed by atoms with van der Waals surface area (Å²) in [6.07, 6.45) is 1.06. The standard InChI is InChI=1S/C20H20N2O3/c23-18-12-20(19(24)21-18)9-10-22(14-20)13-15-5-4-8-17(11-15)25-16-6-2-1-3-7-16/h1-8,11H,9-10,12-14H2,(H,21,23,24)/t20-/m0/s1.